The maximum atomic E-state index is 11.8. The van der Waals surface area contributed by atoms with Gasteiger partial charge in [0.2, 0.25) is 0 Å². The fourth-order valence-corrected chi connectivity index (χ4v) is 3.07. The smallest absolute Gasteiger partial charge is 0.267 e. The predicted octanol–water partition coefficient (Wildman–Crippen LogP) is 3.35. The summed E-state index contributed by atoms with van der Waals surface area (Å²) >= 11 is 7.84. The van der Waals surface area contributed by atoms with Gasteiger partial charge in [-0.1, -0.05) is 12.1 Å². The lowest BCUT2D eigenvalue weighted by Crippen LogP contribution is -2.41. The van der Waals surface area contributed by atoms with Crippen molar-refractivity contribution < 1.29 is 9.59 Å². The molecular weight excluding hydrogens is 396 g/mol. The first-order chi connectivity index (χ1) is 9.08. The zero-order valence-corrected chi connectivity index (χ0v) is 13.4. The van der Waals surface area contributed by atoms with Crippen LogP contribution >= 0.6 is 43.2 Å². The standard InChI is InChI=1S/C12H8Br2N2O2S/c13-8-4-2-1-3-7(8)11(17)15-16-12(18)9-5-6-10(14)19-9/h1-6H,(H,15,17)(H,16,18). The molecule has 0 radical (unpaired) electrons. The molecule has 19 heavy (non-hydrogen) atoms. The van der Waals surface area contributed by atoms with Crippen LogP contribution in [0.1, 0.15) is 20.0 Å². The molecule has 0 aliphatic heterocycles. The number of benzene rings is 1. The summed E-state index contributed by atoms with van der Waals surface area (Å²) in [6.45, 7) is 0. The maximum absolute atomic E-state index is 11.8. The summed E-state index contributed by atoms with van der Waals surface area (Å²) in [5.41, 5.74) is 5.19. The topological polar surface area (TPSA) is 58.2 Å². The van der Waals surface area contributed by atoms with Crippen LogP contribution in [0.15, 0.2) is 44.7 Å². The van der Waals surface area contributed by atoms with Crippen LogP contribution in [-0.2, 0) is 0 Å². The summed E-state index contributed by atoms with van der Waals surface area (Å²) in [7, 11) is 0. The minimum absolute atomic E-state index is 0.351. The van der Waals surface area contributed by atoms with Crippen molar-refractivity contribution in [2.75, 3.05) is 0 Å². The Morgan fingerprint density at radius 3 is 2.26 bits per heavy atom. The van der Waals surface area contributed by atoms with Gasteiger partial charge in [0.1, 0.15) is 0 Å². The minimum Gasteiger partial charge on any atom is -0.267 e. The number of rotatable bonds is 2. The first-order valence-electron chi connectivity index (χ1n) is 5.18. The van der Waals surface area contributed by atoms with Gasteiger partial charge in [0, 0.05) is 4.47 Å². The van der Waals surface area contributed by atoms with E-state index in [4.69, 9.17) is 0 Å². The lowest BCUT2D eigenvalue weighted by atomic mass is 10.2. The summed E-state index contributed by atoms with van der Waals surface area (Å²) in [4.78, 5) is 24.1. The predicted molar refractivity (Wildman–Crippen MR) is 81.1 cm³/mol. The molecule has 1 aromatic heterocycles. The third kappa shape index (κ3) is 3.65. The third-order valence-electron chi connectivity index (χ3n) is 2.21. The van der Waals surface area contributed by atoms with E-state index in [-0.39, 0.29) is 11.8 Å². The number of thiophene rings is 1. The molecule has 1 aromatic carbocycles. The molecule has 2 aromatic rings. The Kier molecular flexibility index (Phi) is 4.73. The Morgan fingerprint density at radius 1 is 0.947 bits per heavy atom. The molecule has 98 valence electrons. The van der Waals surface area contributed by atoms with Crippen LogP contribution in [0.5, 0.6) is 0 Å². The number of hydrogen-bond donors (Lipinski definition) is 2. The van der Waals surface area contributed by atoms with E-state index in [9.17, 15) is 9.59 Å². The highest BCUT2D eigenvalue weighted by Crippen LogP contribution is 2.21. The normalized spacial score (nSPS) is 10.0. The monoisotopic (exact) mass is 402 g/mol. The van der Waals surface area contributed by atoms with Crippen LogP contribution in [0, 0.1) is 0 Å². The summed E-state index contributed by atoms with van der Waals surface area (Å²) in [6.07, 6.45) is 0. The average Bonchev–Trinajstić information content (AvgIpc) is 2.83. The number of amides is 2. The summed E-state index contributed by atoms with van der Waals surface area (Å²) in [5, 5.41) is 0. The molecule has 2 rings (SSSR count). The summed E-state index contributed by atoms with van der Waals surface area (Å²) < 4.78 is 1.52. The fraction of sp³-hybridized carbons (Fsp3) is 0. The Labute approximate surface area is 130 Å². The van der Waals surface area contributed by atoms with E-state index < -0.39 is 0 Å². The average molecular weight is 404 g/mol. The molecule has 0 fully saturated rings. The second kappa shape index (κ2) is 6.31. The number of hydrazine groups is 1. The van der Waals surface area contributed by atoms with Crippen LogP contribution in [0.25, 0.3) is 0 Å². The number of carbonyl (C=O) groups is 2. The molecule has 2 amide bonds. The van der Waals surface area contributed by atoms with Gasteiger partial charge in [-0.2, -0.15) is 0 Å². The number of halogens is 2. The van der Waals surface area contributed by atoms with E-state index in [2.05, 4.69) is 42.7 Å². The molecule has 2 N–H and O–H groups in total. The van der Waals surface area contributed by atoms with E-state index >= 15 is 0 Å². The molecule has 0 bridgehead atoms. The molecule has 0 saturated heterocycles. The van der Waals surface area contributed by atoms with E-state index in [0.717, 1.165) is 3.79 Å². The van der Waals surface area contributed by atoms with Crippen molar-refractivity contribution >= 4 is 55.0 Å². The van der Waals surface area contributed by atoms with Crippen molar-refractivity contribution in [2.24, 2.45) is 0 Å². The molecule has 7 heteroatoms. The van der Waals surface area contributed by atoms with Gasteiger partial charge in [0.15, 0.2) is 0 Å². The van der Waals surface area contributed by atoms with E-state index in [1.807, 2.05) is 6.07 Å². The van der Waals surface area contributed by atoms with Gasteiger partial charge in [-0.25, -0.2) is 0 Å². The van der Waals surface area contributed by atoms with Crippen molar-refractivity contribution in [3.8, 4) is 0 Å². The van der Waals surface area contributed by atoms with Gasteiger partial charge < -0.3 is 0 Å². The van der Waals surface area contributed by atoms with Gasteiger partial charge in [0.25, 0.3) is 11.8 Å². The molecule has 0 aliphatic rings. The highest BCUT2D eigenvalue weighted by atomic mass is 79.9. The molecular formula is C12H8Br2N2O2S. The van der Waals surface area contributed by atoms with Crippen LogP contribution in [0.4, 0.5) is 0 Å². The van der Waals surface area contributed by atoms with Crippen LogP contribution in [0.3, 0.4) is 0 Å². The summed E-state index contributed by atoms with van der Waals surface area (Å²) in [5.74, 6) is -0.729. The van der Waals surface area contributed by atoms with Crippen molar-refractivity contribution in [1.29, 1.82) is 0 Å². The Balaban J connectivity index is 1.98. The van der Waals surface area contributed by atoms with Crippen LogP contribution in [0.2, 0.25) is 0 Å². The lowest BCUT2D eigenvalue weighted by molar-refractivity contribution is 0.0848. The molecule has 0 spiro atoms. The molecule has 0 atom stereocenters. The minimum atomic E-state index is -0.378. The Morgan fingerprint density at radius 2 is 1.63 bits per heavy atom. The fourth-order valence-electron chi connectivity index (χ4n) is 1.32. The number of carbonyl (C=O) groups excluding carboxylic acids is 2. The SMILES string of the molecule is O=C(NNC(=O)c1ccccc1Br)c1ccc(Br)s1. The number of hydrogen-bond acceptors (Lipinski definition) is 3. The quantitative estimate of drug-likeness (QED) is 0.755. The van der Waals surface area contributed by atoms with Crippen molar-refractivity contribution in [2.45, 2.75) is 0 Å². The summed E-state index contributed by atoms with van der Waals surface area (Å²) in [6, 6.07) is 10.4. The first kappa shape index (κ1) is 14.2. The van der Waals surface area contributed by atoms with E-state index in [1.165, 1.54) is 11.3 Å². The van der Waals surface area contributed by atoms with Gasteiger partial charge in [-0.3, -0.25) is 20.4 Å². The van der Waals surface area contributed by atoms with Gasteiger partial charge in [0.05, 0.1) is 14.2 Å². The van der Waals surface area contributed by atoms with Crippen LogP contribution < -0.4 is 10.9 Å². The second-order valence-corrected chi connectivity index (χ2v) is 6.81. The van der Waals surface area contributed by atoms with E-state index in [1.54, 1.807) is 30.3 Å². The van der Waals surface area contributed by atoms with E-state index in [0.29, 0.717) is 14.9 Å². The molecule has 4 nitrogen and oxygen atoms in total. The highest BCUT2D eigenvalue weighted by molar-refractivity contribution is 9.11. The first-order valence-corrected chi connectivity index (χ1v) is 7.58. The van der Waals surface area contributed by atoms with Gasteiger partial charge in [-0.05, 0) is 56.1 Å². The van der Waals surface area contributed by atoms with Crippen molar-refractivity contribution in [3.05, 3.63) is 55.1 Å². The zero-order valence-electron chi connectivity index (χ0n) is 9.44. The zero-order chi connectivity index (χ0) is 13.8. The lowest BCUT2D eigenvalue weighted by Gasteiger charge is -2.07. The third-order valence-corrected chi connectivity index (χ3v) is 4.52. The molecule has 1 heterocycles. The van der Waals surface area contributed by atoms with Gasteiger partial charge in [-0.15, -0.1) is 11.3 Å². The maximum Gasteiger partial charge on any atom is 0.279 e. The molecule has 0 unspecified atom stereocenters. The number of nitrogens with one attached hydrogen (secondary N) is 2. The Hall–Kier alpha value is -1.18. The largest absolute Gasteiger partial charge is 0.279 e. The van der Waals surface area contributed by atoms with Crippen molar-refractivity contribution in [3.63, 3.8) is 0 Å². The Bertz CT molecular complexity index is 628. The molecule has 0 aliphatic carbocycles. The van der Waals surface area contributed by atoms with Crippen LogP contribution in [-0.4, -0.2) is 11.8 Å². The highest BCUT2D eigenvalue weighted by Gasteiger charge is 2.12. The van der Waals surface area contributed by atoms with Gasteiger partial charge >= 0.3 is 0 Å². The van der Waals surface area contributed by atoms with Crippen molar-refractivity contribution in [1.82, 2.24) is 10.9 Å². The molecule has 0 saturated carbocycles. The second-order valence-electron chi connectivity index (χ2n) is 3.49.